The van der Waals surface area contributed by atoms with E-state index in [1.54, 1.807) is 51.2 Å². The zero-order valence-corrected chi connectivity index (χ0v) is 21.4. The molecule has 0 aliphatic rings. The van der Waals surface area contributed by atoms with Gasteiger partial charge in [0.1, 0.15) is 5.60 Å². The van der Waals surface area contributed by atoms with Crippen molar-refractivity contribution in [2.24, 2.45) is 0 Å². The van der Waals surface area contributed by atoms with Crippen LogP contribution in [0.3, 0.4) is 0 Å². The first-order chi connectivity index (χ1) is 15.3. The fourth-order valence-corrected chi connectivity index (χ4v) is 4.40. The van der Waals surface area contributed by atoms with E-state index in [-0.39, 0.29) is 5.75 Å². The fourth-order valence-electron chi connectivity index (χ4n) is 3.41. The number of aromatic nitrogens is 2. The van der Waals surface area contributed by atoms with Crippen molar-refractivity contribution in [2.45, 2.75) is 26.4 Å². The van der Waals surface area contributed by atoms with Crippen LogP contribution in [0.2, 0.25) is 5.02 Å². The lowest BCUT2D eigenvalue weighted by molar-refractivity contribution is 0.0544. The van der Waals surface area contributed by atoms with Crippen LogP contribution >= 0.6 is 27.5 Å². The highest BCUT2D eigenvalue weighted by molar-refractivity contribution is 9.10. The van der Waals surface area contributed by atoms with E-state index in [4.69, 9.17) is 20.5 Å². The maximum Gasteiger partial charge on any atom is 0.419 e. The molecule has 0 bridgehead atoms. The number of pyridine rings is 1. The third-order valence-electron chi connectivity index (χ3n) is 4.61. The minimum absolute atomic E-state index is 0.113. The first-order valence-corrected chi connectivity index (χ1v) is 12.8. The molecular formula is C23H20BrClN2O5S. The topological polar surface area (TPSA) is 87.5 Å². The average Bonchev–Trinajstić information content (AvgIpc) is 3.03. The summed E-state index contributed by atoms with van der Waals surface area (Å²) in [6.45, 7) is 5.37. The standard InChI is InChI=1S/C23H20BrClN2O5S/c1-23(2,3)31-22(28)27-12-17(16-9-13(24)5-8-20(16)27)19-11-21(32-33(4,29)30)15-7-6-14(25)10-18(15)26-19/h5-12H,1-4H3. The van der Waals surface area contributed by atoms with Crippen LogP contribution in [-0.4, -0.2) is 35.9 Å². The first-order valence-electron chi connectivity index (χ1n) is 9.85. The molecule has 0 unspecified atom stereocenters. The van der Waals surface area contributed by atoms with Gasteiger partial charge in [0, 0.05) is 38.1 Å². The van der Waals surface area contributed by atoms with Gasteiger partial charge >= 0.3 is 16.2 Å². The minimum Gasteiger partial charge on any atom is -0.443 e. The normalized spacial score (nSPS) is 12.3. The molecule has 0 atom stereocenters. The number of carbonyl (C=O) groups is 1. The summed E-state index contributed by atoms with van der Waals surface area (Å²) in [5, 5.41) is 1.65. The molecule has 4 aromatic rings. The number of hydrogen-bond acceptors (Lipinski definition) is 6. The van der Waals surface area contributed by atoms with Crippen LogP contribution in [0.25, 0.3) is 33.1 Å². The largest absolute Gasteiger partial charge is 0.443 e. The van der Waals surface area contributed by atoms with Gasteiger partial charge in [-0.25, -0.2) is 9.78 Å². The second-order valence-corrected chi connectivity index (χ2v) is 11.4. The van der Waals surface area contributed by atoms with E-state index >= 15 is 0 Å². The molecule has 0 N–H and O–H groups in total. The van der Waals surface area contributed by atoms with E-state index in [1.165, 1.54) is 10.6 Å². The number of halogens is 2. The lowest BCUT2D eigenvalue weighted by Gasteiger charge is -2.19. The Bertz CT molecular complexity index is 1520. The number of fused-ring (bicyclic) bond motifs is 2. The van der Waals surface area contributed by atoms with Crippen molar-refractivity contribution in [3.8, 4) is 17.0 Å². The summed E-state index contributed by atoms with van der Waals surface area (Å²) in [6, 6.07) is 11.9. The van der Waals surface area contributed by atoms with Crippen molar-refractivity contribution < 1.29 is 22.1 Å². The summed E-state index contributed by atoms with van der Waals surface area (Å²) in [4.78, 5) is 17.6. The molecule has 0 aliphatic heterocycles. The van der Waals surface area contributed by atoms with E-state index in [1.807, 2.05) is 12.1 Å². The Balaban J connectivity index is 1.99. The van der Waals surface area contributed by atoms with Gasteiger partial charge in [-0.1, -0.05) is 27.5 Å². The number of carbonyl (C=O) groups excluding carboxylic acids is 1. The van der Waals surface area contributed by atoms with Crippen LogP contribution in [0.15, 0.2) is 53.1 Å². The molecule has 0 aliphatic carbocycles. The van der Waals surface area contributed by atoms with Gasteiger partial charge in [0.05, 0.1) is 23.0 Å². The van der Waals surface area contributed by atoms with Crippen molar-refractivity contribution in [2.75, 3.05) is 6.26 Å². The third-order valence-corrected chi connectivity index (χ3v) is 5.82. The molecule has 33 heavy (non-hydrogen) atoms. The fraction of sp³-hybridized carbons (Fsp3) is 0.217. The van der Waals surface area contributed by atoms with Gasteiger partial charge in [0.25, 0.3) is 0 Å². The maximum atomic E-state index is 12.9. The summed E-state index contributed by atoms with van der Waals surface area (Å²) in [6.07, 6.45) is 2.05. The Labute approximate surface area is 204 Å². The molecule has 0 saturated carbocycles. The molecule has 172 valence electrons. The van der Waals surface area contributed by atoms with Gasteiger partial charge in [-0.05, 0) is 57.2 Å². The maximum absolute atomic E-state index is 12.9. The molecule has 2 heterocycles. The van der Waals surface area contributed by atoms with Gasteiger partial charge in [0.2, 0.25) is 0 Å². The van der Waals surface area contributed by atoms with Crippen LogP contribution in [0.5, 0.6) is 5.75 Å². The Morgan fingerprint density at radius 1 is 1.09 bits per heavy atom. The molecule has 0 fully saturated rings. The molecule has 0 radical (unpaired) electrons. The number of hydrogen-bond donors (Lipinski definition) is 0. The summed E-state index contributed by atoms with van der Waals surface area (Å²) in [5.74, 6) is 0.113. The Hall–Kier alpha value is -2.62. The average molecular weight is 552 g/mol. The monoisotopic (exact) mass is 550 g/mol. The SMILES string of the molecule is CC(C)(C)OC(=O)n1cc(-c2cc(OS(C)(=O)=O)c3ccc(Cl)cc3n2)c2cc(Br)ccc21. The molecule has 10 heteroatoms. The van der Waals surface area contributed by atoms with E-state index in [0.29, 0.717) is 32.7 Å². The number of nitrogens with zero attached hydrogens (tertiary/aromatic N) is 2. The quantitative estimate of drug-likeness (QED) is 0.274. The van der Waals surface area contributed by atoms with E-state index in [2.05, 4.69) is 20.9 Å². The van der Waals surface area contributed by atoms with E-state index in [0.717, 1.165) is 16.1 Å². The summed E-state index contributed by atoms with van der Waals surface area (Å²) in [7, 11) is -3.80. The van der Waals surface area contributed by atoms with Crippen molar-refractivity contribution in [1.29, 1.82) is 0 Å². The Morgan fingerprint density at radius 3 is 2.48 bits per heavy atom. The Kier molecular flexibility index (Phi) is 5.92. The lowest BCUT2D eigenvalue weighted by atomic mass is 10.1. The summed E-state index contributed by atoms with van der Waals surface area (Å²) < 4.78 is 36.8. The predicted octanol–water partition coefficient (Wildman–Crippen LogP) is 6.39. The van der Waals surface area contributed by atoms with E-state index in [9.17, 15) is 13.2 Å². The van der Waals surface area contributed by atoms with Crippen molar-refractivity contribution in [1.82, 2.24) is 9.55 Å². The first kappa shape index (κ1) is 23.5. The second-order valence-electron chi connectivity index (χ2n) is 8.51. The van der Waals surface area contributed by atoms with Crippen molar-refractivity contribution in [3.63, 3.8) is 0 Å². The highest BCUT2D eigenvalue weighted by Gasteiger charge is 2.23. The second kappa shape index (κ2) is 8.30. The molecule has 0 spiro atoms. The Morgan fingerprint density at radius 2 is 1.82 bits per heavy atom. The van der Waals surface area contributed by atoms with Crippen LogP contribution < -0.4 is 4.18 Å². The molecule has 4 rings (SSSR count). The van der Waals surface area contributed by atoms with Gasteiger partial charge in [0.15, 0.2) is 5.75 Å². The molecular weight excluding hydrogens is 532 g/mol. The number of ether oxygens (including phenoxy) is 1. The molecule has 0 saturated heterocycles. The smallest absolute Gasteiger partial charge is 0.419 e. The molecule has 2 aromatic carbocycles. The summed E-state index contributed by atoms with van der Waals surface area (Å²) >= 11 is 9.63. The van der Waals surface area contributed by atoms with Crippen molar-refractivity contribution >= 4 is 65.5 Å². The van der Waals surface area contributed by atoms with Gasteiger partial charge in [-0.2, -0.15) is 8.42 Å². The minimum atomic E-state index is -3.80. The summed E-state index contributed by atoms with van der Waals surface area (Å²) in [5.41, 5.74) is 1.39. The highest BCUT2D eigenvalue weighted by Crippen LogP contribution is 2.37. The lowest BCUT2D eigenvalue weighted by Crippen LogP contribution is -2.26. The zero-order chi connectivity index (χ0) is 24.1. The molecule has 0 amide bonds. The van der Waals surface area contributed by atoms with Crippen LogP contribution in [-0.2, 0) is 14.9 Å². The molecule has 7 nitrogen and oxygen atoms in total. The van der Waals surface area contributed by atoms with Crippen LogP contribution in [0.1, 0.15) is 20.8 Å². The highest BCUT2D eigenvalue weighted by atomic mass is 79.9. The van der Waals surface area contributed by atoms with Crippen LogP contribution in [0, 0.1) is 0 Å². The van der Waals surface area contributed by atoms with Gasteiger partial charge < -0.3 is 8.92 Å². The van der Waals surface area contributed by atoms with E-state index < -0.39 is 21.8 Å². The van der Waals surface area contributed by atoms with Gasteiger partial charge in [-0.15, -0.1) is 0 Å². The number of benzene rings is 2. The number of rotatable bonds is 3. The van der Waals surface area contributed by atoms with Gasteiger partial charge in [-0.3, -0.25) is 4.57 Å². The predicted molar refractivity (Wildman–Crippen MR) is 132 cm³/mol. The van der Waals surface area contributed by atoms with Crippen LogP contribution in [0.4, 0.5) is 4.79 Å². The third kappa shape index (κ3) is 5.15. The van der Waals surface area contributed by atoms with Crippen molar-refractivity contribution in [3.05, 3.63) is 58.2 Å². The molecule has 2 aromatic heterocycles. The zero-order valence-electron chi connectivity index (χ0n) is 18.2.